The van der Waals surface area contributed by atoms with Crippen molar-refractivity contribution in [1.82, 2.24) is 4.90 Å². The quantitative estimate of drug-likeness (QED) is 0.667. The van der Waals surface area contributed by atoms with E-state index < -0.39 is 8.80 Å². The monoisotopic (exact) mass is 255 g/mol. The van der Waals surface area contributed by atoms with Gasteiger partial charge in [0.2, 0.25) is 0 Å². The molecular weight excluding hydrogens is 238 g/mol. The molecule has 3 aliphatic rings. The number of furan rings is 1. The van der Waals surface area contributed by atoms with Gasteiger partial charge >= 0.3 is 8.80 Å². The molecule has 0 atom stereocenters. The second-order valence-corrected chi connectivity index (χ2v) is 6.82. The van der Waals surface area contributed by atoms with Gasteiger partial charge in [0.1, 0.15) is 5.76 Å². The zero-order valence-electron chi connectivity index (χ0n) is 9.98. The maximum absolute atomic E-state index is 5.90. The summed E-state index contributed by atoms with van der Waals surface area (Å²) in [7, 11) is -2.78. The van der Waals surface area contributed by atoms with Crippen LogP contribution in [0.3, 0.4) is 0 Å². The number of hydrogen-bond donors (Lipinski definition) is 0. The average Bonchev–Trinajstić information content (AvgIpc) is 2.63. The van der Waals surface area contributed by atoms with E-state index in [-0.39, 0.29) is 0 Å². The van der Waals surface area contributed by atoms with Gasteiger partial charge in [-0.3, -0.25) is 4.90 Å². The molecule has 1 aromatic heterocycles. The summed E-state index contributed by atoms with van der Waals surface area (Å²) < 4.78 is 23.4. The Bertz CT molecular complexity index is 368. The fraction of sp³-hybridized carbons (Fsp3) is 0.636. The molecule has 3 saturated heterocycles. The van der Waals surface area contributed by atoms with Gasteiger partial charge in [-0.15, -0.1) is 0 Å². The SMILES string of the molecule is Cc1ccc([Si]23OCCN(CCO2)CCO3)o1. The standard InChI is InChI=1S/C11H17NO4Si/c1-10-2-3-11(16-10)17-13-7-4-12(5-8-14-17)6-9-15-17/h2-3H,4-9H2,1H3. The van der Waals surface area contributed by atoms with Crippen molar-refractivity contribution in [2.45, 2.75) is 6.92 Å². The first kappa shape index (κ1) is 11.4. The predicted molar refractivity (Wildman–Crippen MR) is 63.1 cm³/mol. The normalized spacial score (nSPS) is 34.1. The van der Waals surface area contributed by atoms with Gasteiger partial charge in [0.05, 0.1) is 19.8 Å². The molecule has 0 amide bonds. The molecule has 4 rings (SSSR count). The highest BCUT2D eigenvalue weighted by molar-refractivity contribution is 6.74. The van der Waals surface area contributed by atoms with Gasteiger partial charge in [0.15, 0.2) is 5.38 Å². The minimum absolute atomic E-state index is 0.645. The lowest BCUT2D eigenvalue weighted by Crippen LogP contribution is -2.61. The lowest BCUT2D eigenvalue weighted by atomic mass is 10.4. The van der Waals surface area contributed by atoms with Crippen molar-refractivity contribution < 1.29 is 17.7 Å². The maximum atomic E-state index is 5.90. The Balaban J connectivity index is 1.91. The third-order valence-corrected chi connectivity index (χ3v) is 5.77. The fourth-order valence-electron chi connectivity index (χ4n) is 2.20. The van der Waals surface area contributed by atoms with Crippen LogP contribution in [0.5, 0.6) is 0 Å². The minimum atomic E-state index is -2.78. The molecule has 17 heavy (non-hydrogen) atoms. The summed E-state index contributed by atoms with van der Waals surface area (Å²) in [6.07, 6.45) is 0. The first-order valence-corrected chi connectivity index (χ1v) is 7.72. The lowest BCUT2D eigenvalue weighted by molar-refractivity contribution is -0.00132. The first-order valence-electron chi connectivity index (χ1n) is 6.00. The van der Waals surface area contributed by atoms with Crippen LogP contribution in [0.25, 0.3) is 0 Å². The summed E-state index contributed by atoms with van der Waals surface area (Å²) in [4.78, 5) is 2.30. The van der Waals surface area contributed by atoms with Crippen LogP contribution in [-0.4, -0.2) is 53.2 Å². The van der Waals surface area contributed by atoms with Gasteiger partial charge in [0, 0.05) is 19.6 Å². The van der Waals surface area contributed by atoms with Crippen molar-refractivity contribution >= 4 is 14.2 Å². The summed E-state index contributed by atoms with van der Waals surface area (Å²) in [6, 6.07) is 3.85. The summed E-state index contributed by atoms with van der Waals surface area (Å²) in [5, 5.41) is 0.741. The van der Waals surface area contributed by atoms with Crippen LogP contribution in [0.2, 0.25) is 0 Å². The van der Waals surface area contributed by atoms with Crippen LogP contribution in [0.15, 0.2) is 16.5 Å². The molecule has 5 nitrogen and oxygen atoms in total. The van der Waals surface area contributed by atoms with Crippen molar-refractivity contribution in [2.75, 3.05) is 39.5 Å². The first-order chi connectivity index (χ1) is 8.28. The van der Waals surface area contributed by atoms with Gasteiger partial charge in [-0.25, -0.2) is 0 Å². The van der Waals surface area contributed by atoms with Crippen LogP contribution in [0.1, 0.15) is 5.76 Å². The topological polar surface area (TPSA) is 44.1 Å². The summed E-state index contributed by atoms with van der Waals surface area (Å²) >= 11 is 0. The predicted octanol–water partition coefficient (Wildman–Crippen LogP) is 0.113. The van der Waals surface area contributed by atoms with Gasteiger partial charge in [-0.2, -0.15) is 0 Å². The van der Waals surface area contributed by atoms with Gasteiger partial charge in [-0.05, 0) is 19.1 Å². The molecule has 1 aromatic rings. The zero-order chi connectivity index (χ0) is 11.7. The molecule has 0 aromatic carbocycles. The number of nitrogens with zero attached hydrogens (tertiary/aromatic N) is 1. The molecule has 6 heteroatoms. The summed E-state index contributed by atoms with van der Waals surface area (Å²) in [6.45, 7) is 6.69. The Morgan fingerprint density at radius 2 is 1.59 bits per heavy atom. The minimum Gasteiger partial charge on any atom is -0.463 e. The van der Waals surface area contributed by atoms with Gasteiger partial charge in [-0.1, -0.05) is 0 Å². The number of aryl methyl sites for hydroxylation is 1. The molecule has 3 aliphatic heterocycles. The van der Waals surface area contributed by atoms with E-state index in [0.717, 1.165) is 30.8 Å². The third-order valence-electron chi connectivity index (χ3n) is 3.14. The Morgan fingerprint density at radius 1 is 1.00 bits per heavy atom. The Hall–Kier alpha value is -0.663. The van der Waals surface area contributed by atoms with E-state index in [1.54, 1.807) is 0 Å². The number of fused-ring (bicyclic) bond motifs is 6. The fourth-order valence-corrected chi connectivity index (χ4v) is 4.53. The van der Waals surface area contributed by atoms with Gasteiger partial charge < -0.3 is 17.7 Å². The van der Waals surface area contributed by atoms with Crippen LogP contribution in [0, 0.1) is 6.92 Å². The largest absolute Gasteiger partial charge is 0.574 e. The van der Waals surface area contributed by atoms with Crippen molar-refractivity contribution in [3.05, 3.63) is 17.9 Å². The van der Waals surface area contributed by atoms with Crippen molar-refractivity contribution in [2.24, 2.45) is 0 Å². The van der Waals surface area contributed by atoms with E-state index in [1.807, 2.05) is 19.1 Å². The van der Waals surface area contributed by atoms with E-state index >= 15 is 0 Å². The highest BCUT2D eigenvalue weighted by atomic mass is 28.4. The molecule has 94 valence electrons. The molecule has 4 heterocycles. The number of rotatable bonds is 1. The van der Waals surface area contributed by atoms with E-state index in [4.69, 9.17) is 17.7 Å². The average molecular weight is 255 g/mol. The maximum Gasteiger partial charge on any atom is 0.574 e. The molecule has 0 N–H and O–H groups in total. The van der Waals surface area contributed by atoms with E-state index in [1.165, 1.54) is 0 Å². The Morgan fingerprint density at radius 3 is 2.06 bits per heavy atom. The van der Waals surface area contributed by atoms with Crippen LogP contribution < -0.4 is 5.38 Å². The van der Waals surface area contributed by atoms with E-state index in [0.29, 0.717) is 19.8 Å². The van der Waals surface area contributed by atoms with Crippen molar-refractivity contribution in [1.29, 1.82) is 0 Å². The molecule has 0 saturated carbocycles. The molecule has 2 bridgehead atoms. The second kappa shape index (κ2) is 4.54. The Kier molecular flexibility index (Phi) is 3.06. The van der Waals surface area contributed by atoms with Gasteiger partial charge in [0.25, 0.3) is 0 Å². The molecule has 0 spiro atoms. The molecule has 0 unspecified atom stereocenters. The third kappa shape index (κ3) is 2.18. The smallest absolute Gasteiger partial charge is 0.463 e. The highest BCUT2D eigenvalue weighted by Crippen LogP contribution is 2.17. The summed E-state index contributed by atoms with van der Waals surface area (Å²) in [5.74, 6) is 0.864. The van der Waals surface area contributed by atoms with Crippen molar-refractivity contribution in [3.63, 3.8) is 0 Å². The van der Waals surface area contributed by atoms with Crippen LogP contribution in [-0.2, 0) is 13.3 Å². The second-order valence-electron chi connectivity index (χ2n) is 4.35. The summed E-state index contributed by atoms with van der Waals surface area (Å²) in [5.41, 5.74) is 0. The molecule has 0 aliphatic carbocycles. The van der Waals surface area contributed by atoms with Crippen LogP contribution >= 0.6 is 0 Å². The van der Waals surface area contributed by atoms with E-state index in [2.05, 4.69) is 4.90 Å². The van der Waals surface area contributed by atoms with Crippen LogP contribution in [0.4, 0.5) is 0 Å². The highest BCUT2D eigenvalue weighted by Gasteiger charge is 2.49. The molecule has 0 radical (unpaired) electrons. The molecular formula is C11H17NO4Si. The lowest BCUT2D eigenvalue weighted by Gasteiger charge is -2.36. The van der Waals surface area contributed by atoms with Crippen molar-refractivity contribution in [3.8, 4) is 0 Å². The zero-order valence-corrected chi connectivity index (χ0v) is 11.0. The van der Waals surface area contributed by atoms with E-state index in [9.17, 15) is 0 Å². The Labute approximate surface area is 102 Å². The number of hydrogen-bond acceptors (Lipinski definition) is 5. The molecule has 3 fully saturated rings.